The van der Waals surface area contributed by atoms with Crippen LogP contribution < -0.4 is 10.1 Å². The van der Waals surface area contributed by atoms with Crippen molar-refractivity contribution in [2.75, 3.05) is 18.6 Å². The lowest BCUT2D eigenvalue weighted by Crippen LogP contribution is -2.21. The highest BCUT2D eigenvalue weighted by molar-refractivity contribution is 7.90. The summed E-state index contributed by atoms with van der Waals surface area (Å²) in [6.07, 6.45) is 2.08. The molecule has 0 aliphatic heterocycles. The van der Waals surface area contributed by atoms with Gasteiger partial charge in [0.25, 0.3) is 0 Å². The quantitative estimate of drug-likeness (QED) is 0.750. The van der Waals surface area contributed by atoms with E-state index in [1.165, 1.54) is 11.8 Å². The van der Waals surface area contributed by atoms with Crippen LogP contribution in [0.4, 0.5) is 0 Å². The molecule has 0 fully saturated rings. The summed E-state index contributed by atoms with van der Waals surface area (Å²) < 4.78 is 27.7. The summed E-state index contributed by atoms with van der Waals surface area (Å²) in [4.78, 5) is 0. The molecule has 114 valence electrons. The molecule has 1 aromatic rings. The lowest BCUT2D eigenvalue weighted by Gasteiger charge is -2.15. The van der Waals surface area contributed by atoms with E-state index in [2.05, 4.69) is 12.2 Å². The minimum Gasteiger partial charge on any atom is -0.491 e. The van der Waals surface area contributed by atoms with Gasteiger partial charge in [-0.25, -0.2) is 8.42 Å². The Morgan fingerprint density at radius 2 is 1.75 bits per heavy atom. The molecular weight excluding hydrogens is 274 g/mol. The molecule has 1 unspecified atom stereocenters. The predicted molar refractivity (Wildman–Crippen MR) is 83.0 cm³/mol. The highest BCUT2D eigenvalue weighted by Crippen LogP contribution is 2.18. The predicted octanol–water partition coefficient (Wildman–Crippen LogP) is 2.56. The largest absolute Gasteiger partial charge is 0.491 e. The van der Waals surface area contributed by atoms with Gasteiger partial charge in [-0.15, -0.1) is 0 Å². The summed E-state index contributed by atoms with van der Waals surface area (Å²) >= 11 is 0. The molecule has 0 saturated carbocycles. The van der Waals surface area contributed by atoms with Crippen molar-refractivity contribution in [2.24, 2.45) is 0 Å². The molecule has 0 bridgehead atoms. The molecule has 0 aromatic heterocycles. The molecule has 1 aromatic carbocycles. The van der Waals surface area contributed by atoms with Gasteiger partial charge >= 0.3 is 0 Å². The summed E-state index contributed by atoms with van der Waals surface area (Å²) in [5.74, 6) is 1.10. The van der Waals surface area contributed by atoms with Crippen LogP contribution in [-0.4, -0.2) is 33.1 Å². The fourth-order valence-corrected chi connectivity index (χ4v) is 2.55. The topological polar surface area (TPSA) is 55.4 Å². The van der Waals surface area contributed by atoms with Crippen molar-refractivity contribution < 1.29 is 13.2 Å². The van der Waals surface area contributed by atoms with Crippen molar-refractivity contribution in [3.8, 4) is 5.75 Å². The fraction of sp³-hybridized carbons (Fsp3) is 0.600. The Kier molecular flexibility index (Phi) is 6.49. The summed E-state index contributed by atoms with van der Waals surface area (Å²) in [6.45, 7) is 6.76. The van der Waals surface area contributed by atoms with Gasteiger partial charge in [0, 0.05) is 12.3 Å². The number of nitrogens with one attached hydrogen (secondary N) is 1. The van der Waals surface area contributed by atoms with Crippen LogP contribution in [0.1, 0.15) is 38.8 Å². The maximum Gasteiger partial charge on any atom is 0.147 e. The third-order valence-corrected chi connectivity index (χ3v) is 3.92. The lowest BCUT2D eigenvalue weighted by atomic mass is 10.1. The molecule has 0 aliphatic rings. The van der Waals surface area contributed by atoms with Crippen LogP contribution in [0, 0.1) is 0 Å². The maximum absolute atomic E-state index is 11.0. The first-order valence-corrected chi connectivity index (χ1v) is 9.01. The number of benzene rings is 1. The van der Waals surface area contributed by atoms with Gasteiger partial charge in [0.15, 0.2) is 0 Å². The van der Waals surface area contributed by atoms with Crippen LogP contribution in [-0.2, 0) is 9.84 Å². The normalized spacial score (nSPS) is 13.4. The summed E-state index contributed by atoms with van der Waals surface area (Å²) in [7, 11) is -2.86. The molecule has 0 spiro atoms. The van der Waals surface area contributed by atoms with Crippen LogP contribution >= 0.6 is 0 Å². The van der Waals surface area contributed by atoms with E-state index >= 15 is 0 Å². The van der Waals surface area contributed by atoms with Crippen molar-refractivity contribution in [1.29, 1.82) is 0 Å². The Morgan fingerprint density at radius 1 is 1.15 bits per heavy atom. The molecule has 0 amide bonds. The number of hydrogen-bond acceptors (Lipinski definition) is 4. The number of hydrogen-bond donors (Lipinski definition) is 1. The van der Waals surface area contributed by atoms with Crippen molar-refractivity contribution >= 4 is 9.84 Å². The average molecular weight is 299 g/mol. The molecule has 4 nitrogen and oxygen atoms in total. The van der Waals surface area contributed by atoms with E-state index in [9.17, 15) is 8.42 Å². The molecule has 1 N–H and O–H groups in total. The molecule has 0 heterocycles. The van der Waals surface area contributed by atoms with Gasteiger partial charge in [-0.1, -0.05) is 12.1 Å². The Balaban J connectivity index is 2.41. The zero-order chi connectivity index (χ0) is 15.2. The Morgan fingerprint density at radius 3 is 2.25 bits per heavy atom. The molecule has 20 heavy (non-hydrogen) atoms. The van der Waals surface area contributed by atoms with Crippen LogP contribution in [0.25, 0.3) is 0 Å². The van der Waals surface area contributed by atoms with E-state index in [-0.39, 0.29) is 17.9 Å². The Bertz CT molecular complexity index is 494. The molecule has 0 saturated heterocycles. The van der Waals surface area contributed by atoms with Gasteiger partial charge in [-0.2, -0.15) is 0 Å². The van der Waals surface area contributed by atoms with Gasteiger partial charge in [0.2, 0.25) is 0 Å². The van der Waals surface area contributed by atoms with Crippen molar-refractivity contribution in [1.82, 2.24) is 5.32 Å². The van der Waals surface area contributed by atoms with E-state index < -0.39 is 9.84 Å². The second kappa shape index (κ2) is 7.64. The first-order chi connectivity index (χ1) is 9.28. The van der Waals surface area contributed by atoms with Gasteiger partial charge in [-0.05, 0) is 51.4 Å². The van der Waals surface area contributed by atoms with E-state index in [0.717, 1.165) is 5.75 Å². The average Bonchev–Trinajstić information content (AvgIpc) is 2.33. The lowest BCUT2D eigenvalue weighted by molar-refractivity contribution is 0.242. The maximum atomic E-state index is 11.0. The molecular formula is C15H25NO3S. The van der Waals surface area contributed by atoms with E-state index in [1.54, 1.807) is 0 Å². The minimum atomic E-state index is -2.86. The van der Waals surface area contributed by atoms with Gasteiger partial charge < -0.3 is 10.1 Å². The minimum absolute atomic E-state index is 0.174. The zero-order valence-corrected chi connectivity index (χ0v) is 13.5. The van der Waals surface area contributed by atoms with Crippen LogP contribution in [0.2, 0.25) is 0 Å². The zero-order valence-electron chi connectivity index (χ0n) is 12.7. The van der Waals surface area contributed by atoms with Crippen molar-refractivity contribution in [3.05, 3.63) is 29.8 Å². The van der Waals surface area contributed by atoms with Gasteiger partial charge in [0.05, 0.1) is 11.9 Å². The first kappa shape index (κ1) is 17.0. The third kappa shape index (κ3) is 6.91. The monoisotopic (exact) mass is 299 g/mol. The second-order valence-electron chi connectivity index (χ2n) is 5.39. The van der Waals surface area contributed by atoms with Crippen LogP contribution in [0.5, 0.6) is 5.75 Å². The molecule has 1 atom stereocenters. The van der Waals surface area contributed by atoms with Crippen LogP contribution in [0.15, 0.2) is 24.3 Å². The smallest absolute Gasteiger partial charge is 0.147 e. The van der Waals surface area contributed by atoms with E-state index in [0.29, 0.717) is 13.0 Å². The standard InChI is InChI=1S/C15H25NO3S/c1-12(2)19-15-8-6-14(7-9-15)13(3)16-10-5-11-20(4,17)18/h6-9,12-13,16H,5,10-11H2,1-4H3. The van der Waals surface area contributed by atoms with E-state index in [4.69, 9.17) is 4.74 Å². The molecule has 5 heteroatoms. The first-order valence-electron chi connectivity index (χ1n) is 6.95. The molecule has 1 rings (SSSR count). The van der Waals surface area contributed by atoms with Gasteiger partial charge in [0.1, 0.15) is 15.6 Å². The highest BCUT2D eigenvalue weighted by atomic mass is 32.2. The second-order valence-corrected chi connectivity index (χ2v) is 7.65. The summed E-state index contributed by atoms with van der Waals surface area (Å²) in [6, 6.07) is 8.19. The van der Waals surface area contributed by atoms with Crippen LogP contribution in [0.3, 0.4) is 0 Å². The Labute approximate surface area is 122 Å². The number of sulfone groups is 1. The number of ether oxygens (including phenoxy) is 1. The summed E-state index contributed by atoms with van der Waals surface area (Å²) in [5.41, 5.74) is 1.17. The molecule has 0 aliphatic carbocycles. The summed E-state index contributed by atoms with van der Waals surface area (Å²) in [5, 5.41) is 3.33. The SMILES string of the molecule is CC(C)Oc1ccc(C(C)NCCCS(C)(=O)=O)cc1. The Hall–Kier alpha value is -1.07. The van der Waals surface area contributed by atoms with Crippen molar-refractivity contribution in [2.45, 2.75) is 39.3 Å². The van der Waals surface area contributed by atoms with Crippen molar-refractivity contribution in [3.63, 3.8) is 0 Å². The third-order valence-electron chi connectivity index (χ3n) is 2.89. The number of rotatable bonds is 8. The molecule has 0 radical (unpaired) electrons. The highest BCUT2D eigenvalue weighted by Gasteiger charge is 2.06. The van der Waals surface area contributed by atoms with E-state index in [1.807, 2.05) is 38.1 Å². The fourth-order valence-electron chi connectivity index (χ4n) is 1.88. The van der Waals surface area contributed by atoms with Gasteiger partial charge in [-0.3, -0.25) is 0 Å².